The second-order valence-corrected chi connectivity index (χ2v) is 11.1. The van der Waals surface area contributed by atoms with E-state index in [2.05, 4.69) is 115 Å². The average Bonchev–Trinajstić information content (AvgIpc) is 3.10. The van der Waals surface area contributed by atoms with Crippen molar-refractivity contribution in [1.29, 1.82) is 0 Å². The molecule has 0 aliphatic carbocycles. The predicted molar refractivity (Wildman–Crippen MR) is 189 cm³/mol. The lowest BCUT2D eigenvalue weighted by Gasteiger charge is -2.13. The third-order valence-electron chi connectivity index (χ3n) is 8.40. The van der Waals surface area contributed by atoms with Crippen molar-refractivity contribution in [1.82, 2.24) is 19.9 Å². The first-order chi connectivity index (χ1) is 22.2. The molecule has 4 heterocycles. The Hall–Kier alpha value is -6.00. The van der Waals surface area contributed by atoms with Crippen molar-refractivity contribution in [2.24, 2.45) is 0 Å². The number of hydrogen-bond donors (Lipinski definition) is 0. The lowest BCUT2D eigenvalue weighted by atomic mass is 9.95. The second-order valence-electron chi connectivity index (χ2n) is 11.1. The number of rotatable bonds is 5. The molecule has 4 aromatic heterocycles. The Morgan fingerprint density at radius 3 is 2.04 bits per heavy atom. The first kappa shape index (κ1) is 26.6. The van der Waals surface area contributed by atoms with Crippen molar-refractivity contribution in [2.75, 3.05) is 0 Å². The Kier molecular flexibility index (Phi) is 6.46. The minimum Gasteiger partial charge on any atom is -0.254 e. The van der Waals surface area contributed by atoms with Crippen molar-refractivity contribution in [3.63, 3.8) is 0 Å². The third kappa shape index (κ3) is 4.64. The highest BCUT2D eigenvalue weighted by Crippen LogP contribution is 2.37. The number of para-hydroxylation sites is 1. The lowest BCUT2D eigenvalue weighted by molar-refractivity contribution is 1.33. The first-order valence-corrected chi connectivity index (χ1v) is 15.0. The van der Waals surface area contributed by atoms with Gasteiger partial charge in [-0.2, -0.15) is 0 Å². The number of aromatic nitrogens is 4. The molecule has 0 aliphatic rings. The van der Waals surface area contributed by atoms with Crippen molar-refractivity contribution in [3.05, 3.63) is 158 Å². The molecular formula is C41H28N4. The molecule has 212 valence electrons. The fourth-order valence-electron chi connectivity index (χ4n) is 6.12. The van der Waals surface area contributed by atoms with Crippen molar-refractivity contribution < 1.29 is 0 Å². The summed E-state index contributed by atoms with van der Waals surface area (Å²) >= 11 is 0. The summed E-state index contributed by atoms with van der Waals surface area (Å²) in [6, 6.07) is 39.7. The maximum Gasteiger partial charge on any atom is 0.0978 e. The molecule has 0 radical (unpaired) electrons. The topological polar surface area (TPSA) is 51.6 Å². The monoisotopic (exact) mass is 576 g/mol. The van der Waals surface area contributed by atoms with Crippen LogP contribution in [0, 0.1) is 0 Å². The zero-order chi connectivity index (χ0) is 30.3. The van der Waals surface area contributed by atoms with E-state index < -0.39 is 0 Å². The van der Waals surface area contributed by atoms with E-state index in [0.717, 1.165) is 82.6 Å². The minimum absolute atomic E-state index is 0.805. The van der Waals surface area contributed by atoms with Crippen LogP contribution in [0.3, 0.4) is 0 Å². The highest BCUT2D eigenvalue weighted by atomic mass is 14.8. The van der Waals surface area contributed by atoms with Gasteiger partial charge in [0.15, 0.2) is 0 Å². The molecule has 4 heteroatoms. The molecule has 4 aromatic carbocycles. The number of fused-ring (bicyclic) bond motifs is 7. The van der Waals surface area contributed by atoms with Crippen LogP contribution in [0.15, 0.2) is 146 Å². The van der Waals surface area contributed by atoms with E-state index in [1.807, 2.05) is 43.5 Å². The van der Waals surface area contributed by atoms with Gasteiger partial charge in [-0.3, -0.25) is 4.98 Å². The van der Waals surface area contributed by atoms with Gasteiger partial charge in [0, 0.05) is 38.7 Å². The summed E-state index contributed by atoms with van der Waals surface area (Å²) in [4.78, 5) is 19.9. The fourth-order valence-corrected chi connectivity index (χ4v) is 6.12. The Morgan fingerprint density at radius 2 is 1.22 bits per heavy atom. The van der Waals surface area contributed by atoms with Crippen LogP contribution in [-0.4, -0.2) is 19.9 Å². The molecule has 0 bridgehead atoms. The SMILES string of the molecule is C=C(/C=C\C(=C/C)c1ccc2ccc3cccnc3c2n1)c1ccc2ccc3c(-c4ccccc4)c4ccccc4nc3c2n1. The second kappa shape index (κ2) is 10.9. The van der Waals surface area contributed by atoms with Gasteiger partial charge in [0.1, 0.15) is 0 Å². The van der Waals surface area contributed by atoms with E-state index in [1.165, 1.54) is 5.56 Å². The molecule has 45 heavy (non-hydrogen) atoms. The molecule has 8 aromatic rings. The molecule has 0 saturated heterocycles. The molecule has 0 atom stereocenters. The van der Waals surface area contributed by atoms with Crippen molar-refractivity contribution in [2.45, 2.75) is 6.92 Å². The van der Waals surface area contributed by atoms with Crippen LogP contribution in [0.1, 0.15) is 18.3 Å². The van der Waals surface area contributed by atoms with Crippen molar-refractivity contribution >= 4 is 65.7 Å². The molecule has 8 rings (SSSR count). The van der Waals surface area contributed by atoms with Gasteiger partial charge < -0.3 is 0 Å². The van der Waals surface area contributed by atoms with E-state index in [-0.39, 0.29) is 0 Å². The minimum atomic E-state index is 0.805. The number of hydrogen-bond acceptors (Lipinski definition) is 4. The summed E-state index contributed by atoms with van der Waals surface area (Å²) in [7, 11) is 0. The van der Waals surface area contributed by atoms with Crippen LogP contribution in [0.2, 0.25) is 0 Å². The fraction of sp³-hybridized carbons (Fsp3) is 0.0244. The van der Waals surface area contributed by atoms with Crippen LogP contribution in [0.5, 0.6) is 0 Å². The van der Waals surface area contributed by atoms with Gasteiger partial charge in [-0.15, -0.1) is 0 Å². The molecule has 0 spiro atoms. The van der Waals surface area contributed by atoms with E-state index >= 15 is 0 Å². The summed E-state index contributed by atoms with van der Waals surface area (Å²) < 4.78 is 0. The highest BCUT2D eigenvalue weighted by Gasteiger charge is 2.15. The Labute approximate surface area is 260 Å². The van der Waals surface area contributed by atoms with Gasteiger partial charge in [0.05, 0.1) is 39.0 Å². The van der Waals surface area contributed by atoms with Crippen LogP contribution < -0.4 is 0 Å². The van der Waals surface area contributed by atoms with Gasteiger partial charge in [-0.25, -0.2) is 15.0 Å². The summed E-state index contributed by atoms with van der Waals surface area (Å²) in [5.74, 6) is 0. The smallest absolute Gasteiger partial charge is 0.0978 e. The van der Waals surface area contributed by atoms with Gasteiger partial charge in [-0.1, -0.05) is 116 Å². The van der Waals surface area contributed by atoms with Gasteiger partial charge in [0.25, 0.3) is 0 Å². The predicted octanol–water partition coefficient (Wildman–Crippen LogP) is 10.4. The highest BCUT2D eigenvalue weighted by molar-refractivity contribution is 6.16. The van der Waals surface area contributed by atoms with E-state index in [0.29, 0.717) is 0 Å². The first-order valence-electron chi connectivity index (χ1n) is 15.0. The average molecular weight is 577 g/mol. The summed E-state index contributed by atoms with van der Waals surface area (Å²) in [5, 5.41) is 5.40. The van der Waals surface area contributed by atoms with Crippen LogP contribution in [0.25, 0.3) is 76.8 Å². The quantitative estimate of drug-likeness (QED) is 0.116. The van der Waals surface area contributed by atoms with E-state index in [9.17, 15) is 0 Å². The summed E-state index contributed by atoms with van der Waals surface area (Å²) in [5.41, 5.74) is 10.3. The normalized spacial score (nSPS) is 12.2. The molecule has 0 N–H and O–H groups in total. The van der Waals surface area contributed by atoms with Gasteiger partial charge in [-0.05, 0) is 47.9 Å². The largest absolute Gasteiger partial charge is 0.254 e. The molecule has 0 unspecified atom stereocenters. The Morgan fingerprint density at radius 1 is 0.556 bits per heavy atom. The molecule has 0 saturated carbocycles. The maximum atomic E-state index is 5.14. The summed E-state index contributed by atoms with van der Waals surface area (Å²) in [6.07, 6.45) is 7.96. The number of benzene rings is 4. The standard InChI is InChI=1S/C41H28N4/c1-3-27(35-24-21-30-18-17-29-12-9-25-42-38(29)39(30)44-35)16-15-26(2)34-23-20-31-19-22-33-37(28-10-5-4-6-11-28)32-13-7-8-14-36(32)45-41(33)40(31)43-34/h3-25H,2H2,1H3/b16-15-,27-3+. The third-order valence-corrected chi connectivity index (χ3v) is 8.40. The molecule has 0 amide bonds. The number of pyridine rings is 4. The molecule has 0 fully saturated rings. The molecule has 4 nitrogen and oxygen atoms in total. The Balaban J connectivity index is 1.20. The maximum absolute atomic E-state index is 5.14. The molecular weight excluding hydrogens is 548 g/mol. The van der Waals surface area contributed by atoms with Gasteiger partial charge in [0.2, 0.25) is 0 Å². The van der Waals surface area contributed by atoms with Crippen LogP contribution in [0.4, 0.5) is 0 Å². The zero-order valence-corrected chi connectivity index (χ0v) is 24.8. The zero-order valence-electron chi connectivity index (χ0n) is 24.8. The van der Waals surface area contributed by atoms with Crippen LogP contribution in [-0.2, 0) is 0 Å². The number of allylic oxidation sites excluding steroid dienone is 5. The number of nitrogens with zero attached hydrogens (tertiary/aromatic N) is 4. The van der Waals surface area contributed by atoms with E-state index in [1.54, 1.807) is 0 Å². The van der Waals surface area contributed by atoms with Crippen molar-refractivity contribution in [3.8, 4) is 11.1 Å². The van der Waals surface area contributed by atoms with Gasteiger partial charge >= 0.3 is 0 Å². The molecule has 0 aliphatic heterocycles. The van der Waals surface area contributed by atoms with E-state index in [4.69, 9.17) is 15.0 Å². The Bertz CT molecular complexity index is 2510. The van der Waals surface area contributed by atoms with Crippen LogP contribution >= 0.6 is 0 Å². The lowest BCUT2D eigenvalue weighted by Crippen LogP contribution is -1.94. The summed E-state index contributed by atoms with van der Waals surface area (Å²) in [6.45, 7) is 6.41.